The number of hydrogen-bond acceptors (Lipinski definition) is 3. The molecule has 0 radical (unpaired) electrons. The smallest absolute Gasteiger partial charge is 0.416 e. The van der Waals surface area contributed by atoms with Gasteiger partial charge in [0.05, 0.1) is 12.7 Å². The van der Waals surface area contributed by atoms with Crippen LogP contribution in [0.1, 0.15) is 18.4 Å². The van der Waals surface area contributed by atoms with E-state index in [1.165, 1.54) is 19.2 Å². The van der Waals surface area contributed by atoms with Gasteiger partial charge in [-0.3, -0.25) is 9.69 Å². The number of carbonyl (C=O) groups excluding carboxylic acids is 2. The van der Waals surface area contributed by atoms with E-state index in [4.69, 9.17) is 0 Å². The van der Waals surface area contributed by atoms with Crippen molar-refractivity contribution in [2.75, 3.05) is 12.0 Å². The standard InChI is InChI=1S/C13H12F3NO3/c1-20-12(19)10-5-6-11(18)17(10)9-4-2-3-8(7-9)13(14,15)16/h2-4,7,10H,5-6H2,1H3. The maximum absolute atomic E-state index is 12.7. The number of halogens is 3. The summed E-state index contributed by atoms with van der Waals surface area (Å²) in [5.74, 6) is -1.02. The van der Waals surface area contributed by atoms with Crippen molar-refractivity contribution in [1.82, 2.24) is 0 Å². The molecule has 1 saturated heterocycles. The van der Waals surface area contributed by atoms with Gasteiger partial charge in [-0.15, -0.1) is 0 Å². The zero-order valence-electron chi connectivity index (χ0n) is 10.6. The van der Waals surface area contributed by atoms with Crippen molar-refractivity contribution >= 4 is 17.6 Å². The fourth-order valence-corrected chi connectivity index (χ4v) is 2.20. The first-order chi connectivity index (χ1) is 9.34. The van der Waals surface area contributed by atoms with Crippen LogP contribution in [0.2, 0.25) is 0 Å². The van der Waals surface area contributed by atoms with E-state index in [1.807, 2.05) is 0 Å². The number of hydrogen-bond donors (Lipinski definition) is 0. The summed E-state index contributed by atoms with van der Waals surface area (Å²) in [6, 6.07) is 3.49. The van der Waals surface area contributed by atoms with Gasteiger partial charge in [-0.05, 0) is 24.6 Å². The summed E-state index contributed by atoms with van der Waals surface area (Å²) in [7, 11) is 1.18. The zero-order chi connectivity index (χ0) is 14.9. The summed E-state index contributed by atoms with van der Waals surface area (Å²) in [5, 5.41) is 0. The van der Waals surface area contributed by atoms with E-state index in [1.54, 1.807) is 0 Å². The monoisotopic (exact) mass is 287 g/mol. The van der Waals surface area contributed by atoms with E-state index < -0.39 is 23.8 Å². The highest BCUT2D eigenvalue weighted by Crippen LogP contribution is 2.34. The van der Waals surface area contributed by atoms with E-state index in [0.717, 1.165) is 17.0 Å². The Morgan fingerprint density at radius 2 is 2.10 bits per heavy atom. The number of alkyl halides is 3. The second kappa shape index (κ2) is 5.15. The Labute approximate surface area is 113 Å². The van der Waals surface area contributed by atoms with Gasteiger partial charge < -0.3 is 4.74 Å². The minimum absolute atomic E-state index is 0.0534. The molecule has 0 bridgehead atoms. The van der Waals surface area contributed by atoms with Crippen LogP contribution in [-0.4, -0.2) is 25.0 Å². The zero-order valence-corrected chi connectivity index (χ0v) is 10.6. The molecule has 1 fully saturated rings. The van der Waals surface area contributed by atoms with Gasteiger partial charge in [-0.2, -0.15) is 13.2 Å². The molecule has 7 heteroatoms. The number of carbonyl (C=O) groups is 2. The first-order valence-electron chi connectivity index (χ1n) is 5.91. The van der Waals surface area contributed by atoms with Crippen LogP contribution in [0.25, 0.3) is 0 Å². The lowest BCUT2D eigenvalue weighted by molar-refractivity contribution is -0.142. The lowest BCUT2D eigenvalue weighted by atomic mass is 10.1. The molecule has 20 heavy (non-hydrogen) atoms. The normalized spacial score (nSPS) is 19.3. The van der Waals surface area contributed by atoms with Gasteiger partial charge in [-0.25, -0.2) is 4.79 Å². The molecule has 1 aliphatic heterocycles. The van der Waals surface area contributed by atoms with Crippen LogP contribution in [0.3, 0.4) is 0 Å². The van der Waals surface area contributed by atoms with Crippen LogP contribution in [0.5, 0.6) is 0 Å². The number of amides is 1. The van der Waals surface area contributed by atoms with Crippen molar-refractivity contribution in [2.24, 2.45) is 0 Å². The first-order valence-corrected chi connectivity index (χ1v) is 5.91. The second-order valence-corrected chi connectivity index (χ2v) is 4.39. The van der Waals surface area contributed by atoms with Crippen molar-refractivity contribution in [1.29, 1.82) is 0 Å². The van der Waals surface area contributed by atoms with Gasteiger partial charge in [0, 0.05) is 12.1 Å². The molecule has 0 spiro atoms. The summed E-state index contributed by atoms with van der Waals surface area (Å²) in [4.78, 5) is 24.5. The van der Waals surface area contributed by atoms with E-state index >= 15 is 0 Å². The molecule has 1 heterocycles. The molecule has 2 rings (SSSR count). The Morgan fingerprint density at radius 1 is 1.40 bits per heavy atom. The van der Waals surface area contributed by atoms with E-state index in [-0.39, 0.29) is 24.4 Å². The highest BCUT2D eigenvalue weighted by Gasteiger charge is 2.39. The lowest BCUT2D eigenvalue weighted by Gasteiger charge is -2.23. The van der Waals surface area contributed by atoms with Crippen molar-refractivity contribution in [3.63, 3.8) is 0 Å². The fraction of sp³-hybridized carbons (Fsp3) is 0.385. The molecule has 1 aromatic carbocycles. The summed E-state index contributed by atoms with van der Waals surface area (Å²) in [6.07, 6.45) is -4.16. The van der Waals surface area contributed by atoms with Gasteiger partial charge in [0.15, 0.2) is 0 Å². The summed E-state index contributed by atoms with van der Waals surface area (Å²) >= 11 is 0. The number of rotatable bonds is 2. The molecule has 108 valence electrons. The molecule has 0 saturated carbocycles. The average Bonchev–Trinajstić information content (AvgIpc) is 2.79. The number of methoxy groups -OCH3 is 1. The maximum Gasteiger partial charge on any atom is 0.416 e. The molecule has 1 amide bonds. The third-order valence-corrected chi connectivity index (χ3v) is 3.14. The number of esters is 1. The van der Waals surface area contributed by atoms with E-state index in [9.17, 15) is 22.8 Å². The molecule has 1 aliphatic rings. The highest BCUT2D eigenvalue weighted by molar-refractivity contribution is 6.02. The van der Waals surface area contributed by atoms with E-state index in [2.05, 4.69) is 4.74 Å². The Kier molecular flexibility index (Phi) is 3.69. The molecule has 4 nitrogen and oxygen atoms in total. The molecule has 0 aromatic heterocycles. The van der Waals surface area contributed by atoms with E-state index in [0.29, 0.717) is 0 Å². The maximum atomic E-state index is 12.7. The van der Waals surface area contributed by atoms with Gasteiger partial charge in [0.25, 0.3) is 0 Å². The average molecular weight is 287 g/mol. The fourth-order valence-electron chi connectivity index (χ4n) is 2.20. The van der Waals surface area contributed by atoms with Gasteiger partial charge in [0.1, 0.15) is 6.04 Å². The third-order valence-electron chi connectivity index (χ3n) is 3.14. The first kappa shape index (κ1) is 14.4. The summed E-state index contributed by atoms with van der Waals surface area (Å²) in [6.45, 7) is 0. The van der Waals surface area contributed by atoms with Gasteiger partial charge >= 0.3 is 12.1 Å². The van der Waals surface area contributed by atoms with Crippen LogP contribution < -0.4 is 4.90 Å². The van der Waals surface area contributed by atoms with Crippen LogP contribution in [0.4, 0.5) is 18.9 Å². The number of ether oxygens (including phenoxy) is 1. The molecular formula is C13H12F3NO3. The number of nitrogens with zero attached hydrogens (tertiary/aromatic N) is 1. The SMILES string of the molecule is COC(=O)C1CCC(=O)N1c1cccc(C(F)(F)F)c1. The minimum atomic E-state index is -4.50. The Balaban J connectivity index is 2.38. The topological polar surface area (TPSA) is 46.6 Å². The van der Waals surface area contributed by atoms with Crippen molar-refractivity contribution in [2.45, 2.75) is 25.1 Å². The minimum Gasteiger partial charge on any atom is -0.467 e. The van der Waals surface area contributed by atoms with Crippen molar-refractivity contribution in [3.05, 3.63) is 29.8 Å². The van der Waals surface area contributed by atoms with Crippen LogP contribution in [0.15, 0.2) is 24.3 Å². The lowest BCUT2D eigenvalue weighted by Crippen LogP contribution is -2.39. The quantitative estimate of drug-likeness (QED) is 0.785. The van der Waals surface area contributed by atoms with Crippen LogP contribution in [0, 0.1) is 0 Å². The van der Waals surface area contributed by atoms with Gasteiger partial charge in [-0.1, -0.05) is 6.07 Å². The predicted molar refractivity (Wildman–Crippen MR) is 64.0 cm³/mol. The van der Waals surface area contributed by atoms with Crippen LogP contribution >= 0.6 is 0 Å². The number of anilines is 1. The largest absolute Gasteiger partial charge is 0.467 e. The Morgan fingerprint density at radius 3 is 2.70 bits per heavy atom. The van der Waals surface area contributed by atoms with Crippen molar-refractivity contribution < 1.29 is 27.5 Å². The molecular weight excluding hydrogens is 275 g/mol. The molecule has 1 aromatic rings. The second-order valence-electron chi connectivity index (χ2n) is 4.39. The Hall–Kier alpha value is -2.05. The molecule has 1 atom stereocenters. The molecule has 0 aliphatic carbocycles. The highest BCUT2D eigenvalue weighted by atomic mass is 19.4. The van der Waals surface area contributed by atoms with Crippen LogP contribution in [-0.2, 0) is 20.5 Å². The number of benzene rings is 1. The molecule has 0 N–H and O–H groups in total. The van der Waals surface area contributed by atoms with Gasteiger partial charge in [0.2, 0.25) is 5.91 Å². The van der Waals surface area contributed by atoms with Crippen molar-refractivity contribution in [3.8, 4) is 0 Å². The summed E-state index contributed by atoms with van der Waals surface area (Å²) < 4.78 is 42.6. The predicted octanol–water partition coefficient (Wildman–Crippen LogP) is 2.37. The summed E-state index contributed by atoms with van der Waals surface area (Å²) in [5.41, 5.74) is -0.809. The molecule has 1 unspecified atom stereocenters. The third kappa shape index (κ3) is 2.61. The Bertz CT molecular complexity index is 542.